The Morgan fingerprint density at radius 1 is 1.19 bits per heavy atom. The van der Waals surface area contributed by atoms with Crippen LogP contribution in [0, 0.1) is 0 Å². The third kappa shape index (κ3) is 4.15. The maximum atomic E-state index is 12.8. The van der Waals surface area contributed by atoms with Gasteiger partial charge in [0.05, 0.1) is 14.2 Å². The second-order valence-electron chi connectivity index (χ2n) is 8.04. The van der Waals surface area contributed by atoms with Crippen LogP contribution in [-0.4, -0.2) is 53.7 Å². The highest BCUT2D eigenvalue weighted by Crippen LogP contribution is 2.35. The minimum absolute atomic E-state index is 0.0117. The summed E-state index contributed by atoms with van der Waals surface area (Å²) in [6, 6.07) is 7.91. The van der Waals surface area contributed by atoms with Gasteiger partial charge >= 0.3 is 0 Å². The van der Waals surface area contributed by atoms with Crippen LogP contribution in [0.15, 0.2) is 30.5 Å². The van der Waals surface area contributed by atoms with Gasteiger partial charge in [0.25, 0.3) is 5.91 Å². The molecule has 0 saturated heterocycles. The fourth-order valence-corrected chi connectivity index (χ4v) is 4.19. The highest BCUT2D eigenvalue weighted by molar-refractivity contribution is 5.97. The van der Waals surface area contributed by atoms with E-state index < -0.39 is 0 Å². The summed E-state index contributed by atoms with van der Waals surface area (Å²) in [5, 5.41) is 4.17. The summed E-state index contributed by atoms with van der Waals surface area (Å²) in [5.74, 6) is 1.99. The van der Waals surface area contributed by atoms with Gasteiger partial charge in [-0.1, -0.05) is 12.8 Å². The SMILES string of the molecule is COc1ccc(CNc2ncc3cc(C(=O)N(C)C)n(C4CCCC4)c3n2)c(OC)c1. The van der Waals surface area contributed by atoms with Crippen LogP contribution < -0.4 is 14.8 Å². The summed E-state index contributed by atoms with van der Waals surface area (Å²) in [6.07, 6.45) is 6.26. The van der Waals surface area contributed by atoms with Crippen LogP contribution in [0.25, 0.3) is 11.0 Å². The molecule has 164 valence electrons. The number of amides is 1. The molecule has 0 radical (unpaired) electrons. The van der Waals surface area contributed by atoms with Crippen molar-refractivity contribution in [3.05, 3.63) is 41.7 Å². The minimum Gasteiger partial charge on any atom is -0.497 e. The van der Waals surface area contributed by atoms with Gasteiger partial charge in [0.2, 0.25) is 5.95 Å². The van der Waals surface area contributed by atoms with Crippen LogP contribution >= 0.6 is 0 Å². The van der Waals surface area contributed by atoms with Crippen molar-refractivity contribution in [3.8, 4) is 11.5 Å². The molecule has 31 heavy (non-hydrogen) atoms. The van der Waals surface area contributed by atoms with Crippen LogP contribution in [0.4, 0.5) is 5.95 Å². The molecule has 1 aromatic carbocycles. The first kappa shape index (κ1) is 21.0. The third-order valence-corrected chi connectivity index (χ3v) is 5.82. The lowest BCUT2D eigenvalue weighted by molar-refractivity contribution is 0.0815. The average Bonchev–Trinajstić information content (AvgIpc) is 3.44. The molecule has 4 rings (SSSR count). The molecule has 8 nitrogen and oxygen atoms in total. The fourth-order valence-electron chi connectivity index (χ4n) is 4.19. The summed E-state index contributed by atoms with van der Waals surface area (Å²) in [6.45, 7) is 0.506. The number of methoxy groups -OCH3 is 2. The van der Waals surface area contributed by atoms with E-state index in [1.165, 1.54) is 12.8 Å². The van der Waals surface area contributed by atoms with Crippen molar-refractivity contribution in [3.63, 3.8) is 0 Å². The van der Waals surface area contributed by atoms with Crippen LogP contribution in [0.3, 0.4) is 0 Å². The molecule has 2 aromatic heterocycles. The minimum atomic E-state index is -0.0117. The quantitative estimate of drug-likeness (QED) is 0.621. The molecule has 3 aromatic rings. The number of anilines is 1. The lowest BCUT2D eigenvalue weighted by atomic mass is 10.2. The molecule has 0 aliphatic heterocycles. The van der Waals surface area contributed by atoms with Gasteiger partial charge < -0.3 is 24.3 Å². The molecule has 0 atom stereocenters. The first-order valence-electron chi connectivity index (χ1n) is 10.6. The van der Waals surface area contributed by atoms with Crippen molar-refractivity contribution in [1.29, 1.82) is 0 Å². The Kier molecular flexibility index (Phi) is 5.97. The number of carbonyl (C=O) groups excluding carboxylic acids is 1. The number of hydrogen-bond donors (Lipinski definition) is 1. The third-order valence-electron chi connectivity index (χ3n) is 5.82. The number of benzene rings is 1. The standard InChI is InChI=1S/C23H29N5O3/c1-27(2)22(29)19-11-16-14-25-23(26-21(16)28(19)17-7-5-6-8-17)24-13-15-9-10-18(30-3)12-20(15)31-4/h9-12,14,17H,5-8,13H2,1-4H3,(H,24,25,26). The van der Waals surface area contributed by atoms with E-state index in [2.05, 4.69) is 14.9 Å². The zero-order chi connectivity index (χ0) is 22.0. The van der Waals surface area contributed by atoms with Gasteiger partial charge in [0, 0.05) is 49.9 Å². The Bertz CT molecular complexity index is 1090. The second kappa shape index (κ2) is 8.83. The van der Waals surface area contributed by atoms with Gasteiger partial charge in [-0.15, -0.1) is 0 Å². The summed E-state index contributed by atoms with van der Waals surface area (Å²) in [4.78, 5) is 23.7. The van der Waals surface area contributed by atoms with E-state index in [1.54, 1.807) is 39.4 Å². The number of hydrogen-bond acceptors (Lipinski definition) is 6. The van der Waals surface area contributed by atoms with Crippen molar-refractivity contribution in [1.82, 2.24) is 19.4 Å². The van der Waals surface area contributed by atoms with E-state index in [-0.39, 0.29) is 5.91 Å². The zero-order valence-corrected chi connectivity index (χ0v) is 18.5. The van der Waals surface area contributed by atoms with Crippen molar-refractivity contribution in [2.24, 2.45) is 0 Å². The van der Waals surface area contributed by atoms with Crippen molar-refractivity contribution >= 4 is 22.9 Å². The predicted molar refractivity (Wildman–Crippen MR) is 120 cm³/mol. The predicted octanol–water partition coefficient (Wildman–Crippen LogP) is 3.88. The van der Waals surface area contributed by atoms with Crippen LogP contribution in [0.5, 0.6) is 11.5 Å². The van der Waals surface area contributed by atoms with Crippen molar-refractivity contribution < 1.29 is 14.3 Å². The molecule has 0 unspecified atom stereocenters. The zero-order valence-electron chi connectivity index (χ0n) is 18.5. The van der Waals surface area contributed by atoms with Gasteiger partial charge in [0.1, 0.15) is 22.8 Å². The first-order valence-corrected chi connectivity index (χ1v) is 10.6. The summed E-state index contributed by atoms with van der Waals surface area (Å²) >= 11 is 0. The molecule has 0 spiro atoms. The normalized spacial score (nSPS) is 14.1. The van der Waals surface area contributed by atoms with Gasteiger partial charge in [-0.05, 0) is 31.0 Å². The van der Waals surface area contributed by atoms with Gasteiger partial charge in [0.15, 0.2) is 0 Å². The molecule has 1 amide bonds. The maximum Gasteiger partial charge on any atom is 0.270 e. The molecule has 8 heteroatoms. The number of carbonyl (C=O) groups is 1. The average molecular weight is 424 g/mol. The molecule has 1 saturated carbocycles. The highest BCUT2D eigenvalue weighted by Gasteiger charge is 2.26. The largest absolute Gasteiger partial charge is 0.497 e. The van der Waals surface area contributed by atoms with Gasteiger partial charge in [-0.2, -0.15) is 4.98 Å². The Hall–Kier alpha value is -3.29. The van der Waals surface area contributed by atoms with Crippen molar-refractivity contribution in [2.75, 3.05) is 33.6 Å². The van der Waals surface area contributed by atoms with Crippen molar-refractivity contribution in [2.45, 2.75) is 38.3 Å². The molecule has 1 N–H and O–H groups in total. The number of rotatable bonds is 7. The van der Waals surface area contributed by atoms with Crippen LogP contribution in [0.1, 0.15) is 47.8 Å². The molecular weight excluding hydrogens is 394 g/mol. The molecule has 2 heterocycles. The topological polar surface area (TPSA) is 81.5 Å². The number of fused-ring (bicyclic) bond motifs is 1. The van der Waals surface area contributed by atoms with E-state index in [0.29, 0.717) is 24.2 Å². The lowest BCUT2D eigenvalue weighted by Crippen LogP contribution is -2.25. The summed E-state index contributed by atoms with van der Waals surface area (Å²) in [5.41, 5.74) is 2.45. The van der Waals surface area contributed by atoms with Gasteiger partial charge in [-0.3, -0.25) is 4.79 Å². The van der Waals surface area contributed by atoms with E-state index in [0.717, 1.165) is 40.9 Å². The molecule has 0 bridgehead atoms. The van der Waals surface area contributed by atoms with Crippen LogP contribution in [-0.2, 0) is 6.54 Å². The number of ether oxygens (including phenoxy) is 2. The molecule has 1 aliphatic rings. The second-order valence-corrected chi connectivity index (χ2v) is 8.04. The summed E-state index contributed by atoms with van der Waals surface area (Å²) in [7, 11) is 6.82. The van der Waals surface area contributed by atoms with Crippen LogP contribution in [0.2, 0.25) is 0 Å². The van der Waals surface area contributed by atoms with Gasteiger partial charge in [-0.25, -0.2) is 4.98 Å². The first-order chi connectivity index (χ1) is 15.0. The summed E-state index contributed by atoms with van der Waals surface area (Å²) < 4.78 is 12.9. The highest BCUT2D eigenvalue weighted by atomic mass is 16.5. The Balaban J connectivity index is 1.66. The number of aromatic nitrogens is 3. The molecular formula is C23H29N5O3. The monoisotopic (exact) mass is 423 g/mol. The smallest absolute Gasteiger partial charge is 0.270 e. The number of nitrogens with one attached hydrogen (secondary N) is 1. The Morgan fingerprint density at radius 2 is 1.97 bits per heavy atom. The lowest BCUT2D eigenvalue weighted by Gasteiger charge is -2.19. The van der Waals surface area contributed by atoms with E-state index in [9.17, 15) is 4.79 Å². The molecule has 1 fully saturated rings. The van der Waals surface area contributed by atoms with E-state index in [4.69, 9.17) is 14.5 Å². The number of nitrogens with zero attached hydrogens (tertiary/aromatic N) is 4. The molecule has 1 aliphatic carbocycles. The fraction of sp³-hybridized carbons (Fsp3) is 0.435. The maximum absolute atomic E-state index is 12.8. The Labute approximate surface area is 182 Å². The van der Waals surface area contributed by atoms with E-state index in [1.807, 2.05) is 24.3 Å². The Morgan fingerprint density at radius 3 is 2.65 bits per heavy atom. The van der Waals surface area contributed by atoms with E-state index >= 15 is 0 Å².